The van der Waals surface area contributed by atoms with Gasteiger partial charge in [-0.25, -0.2) is 9.69 Å². The number of rotatable bonds is 11. The molecule has 0 aliphatic carbocycles. The van der Waals surface area contributed by atoms with Crippen molar-refractivity contribution in [3.8, 4) is 0 Å². The van der Waals surface area contributed by atoms with Gasteiger partial charge in [0.2, 0.25) is 5.91 Å². The molecule has 1 heterocycles. The molecule has 0 aromatic heterocycles. The zero-order valence-corrected chi connectivity index (χ0v) is 24.7. The van der Waals surface area contributed by atoms with Gasteiger partial charge in [0.15, 0.2) is 0 Å². The standard InChI is InChI=1S/C36H35NO4Si/c1-3-33(35(38)37-30(27-40-36(37)39)26-29-18-10-5-11-19-29)34(25-24-28-16-8-4-9-17-28)41-42(2,31-20-12-6-13-21-31)32-22-14-7-15-23-32/h3-25,30,33-34H,1,26-27H2,2H3/b25-24+/t30-,33-,34+/m0/s1. The SMILES string of the molecule is C=C[C@H](C(=O)N1C(=O)OC[C@@H]1Cc1ccccc1)[C@@H](/C=C/c1ccccc1)O[Si](C)(c1ccccc1)c1ccccc1. The van der Waals surface area contributed by atoms with Crippen LogP contribution in [0.25, 0.3) is 6.08 Å². The number of imide groups is 1. The number of cyclic esters (lactones) is 1. The molecule has 1 saturated heterocycles. The molecule has 212 valence electrons. The Morgan fingerprint density at radius 1 is 0.905 bits per heavy atom. The molecule has 5 rings (SSSR count). The molecule has 0 spiro atoms. The maximum Gasteiger partial charge on any atom is 0.417 e. The second-order valence-corrected chi connectivity index (χ2v) is 14.0. The van der Waals surface area contributed by atoms with Gasteiger partial charge >= 0.3 is 6.09 Å². The van der Waals surface area contributed by atoms with E-state index in [9.17, 15) is 9.59 Å². The van der Waals surface area contributed by atoms with Crippen LogP contribution in [0.4, 0.5) is 4.79 Å². The monoisotopic (exact) mass is 573 g/mol. The molecule has 0 unspecified atom stereocenters. The summed E-state index contributed by atoms with van der Waals surface area (Å²) in [6.45, 7) is 6.34. The van der Waals surface area contributed by atoms with Crippen molar-refractivity contribution < 1.29 is 18.8 Å². The Morgan fingerprint density at radius 3 is 1.98 bits per heavy atom. The number of benzene rings is 4. The first-order valence-electron chi connectivity index (χ1n) is 14.2. The summed E-state index contributed by atoms with van der Waals surface area (Å²) in [6.07, 6.45) is 4.66. The van der Waals surface area contributed by atoms with E-state index in [1.165, 1.54) is 4.90 Å². The molecule has 0 radical (unpaired) electrons. The van der Waals surface area contributed by atoms with Crippen molar-refractivity contribution in [2.75, 3.05) is 6.61 Å². The minimum Gasteiger partial charge on any atom is -0.447 e. The van der Waals surface area contributed by atoms with E-state index in [0.29, 0.717) is 6.42 Å². The van der Waals surface area contributed by atoms with Crippen LogP contribution in [0.15, 0.2) is 140 Å². The summed E-state index contributed by atoms with van der Waals surface area (Å²) in [5.74, 6) is -1.21. The Kier molecular flexibility index (Phi) is 9.27. The summed E-state index contributed by atoms with van der Waals surface area (Å²) < 4.78 is 12.5. The zero-order chi connectivity index (χ0) is 29.4. The Labute approximate surface area is 248 Å². The molecule has 6 heteroatoms. The number of hydrogen-bond acceptors (Lipinski definition) is 4. The fraction of sp³-hybridized carbons (Fsp3) is 0.167. The first kappa shape index (κ1) is 29.0. The summed E-state index contributed by atoms with van der Waals surface area (Å²) in [5.41, 5.74) is 2.00. The van der Waals surface area contributed by atoms with E-state index >= 15 is 0 Å². The number of hydrogen-bond donors (Lipinski definition) is 0. The van der Waals surface area contributed by atoms with Gasteiger partial charge in [-0.3, -0.25) is 4.79 Å². The average Bonchev–Trinajstić information content (AvgIpc) is 3.41. The third kappa shape index (κ3) is 6.51. The number of amides is 2. The molecule has 0 bridgehead atoms. The van der Waals surface area contributed by atoms with Crippen molar-refractivity contribution in [3.05, 3.63) is 151 Å². The summed E-state index contributed by atoms with van der Waals surface area (Å²) in [6, 6.07) is 39.6. The van der Waals surface area contributed by atoms with E-state index in [2.05, 4.69) is 37.4 Å². The smallest absolute Gasteiger partial charge is 0.417 e. The van der Waals surface area contributed by atoms with Gasteiger partial charge < -0.3 is 9.16 Å². The zero-order valence-electron chi connectivity index (χ0n) is 23.7. The first-order valence-corrected chi connectivity index (χ1v) is 16.6. The molecule has 4 aromatic rings. The van der Waals surface area contributed by atoms with Crippen LogP contribution in [-0.4, -0.2) is 44.0 Å². The highest BCUT2D eigenvalue weighted by atomic mass is 28.4. The number of carbonyl (C=O) groups is 2. The van der Waals surface area contributed by atoms with E-state index in [1.54, 1.807) is 6.08 Å². The molecule has 1 fully saturated rings. The van der Waals surface area contributed by atoms with Crippen molar-refractivity contribution in [3.63, 3.8) is 0 Å². The van der Waals surface area contributed by atoms with Crippen LogP contribution in [-0.2, 0) is 20.4 Å². The van der Waals surface area contributed by atoms with Crippen LogP contribution in [0, 0.1) is 5.92 Å². The summed E-state index contributed by atoms with van der Waals surface area (Å²) in [7, 11) is -2.85. The molecular formula is C36H35NO4Si. The van der Waals surface area contributed by atoms with Gasteiger partial charge in [0.25, 0.3) is 8.32 Å². The molecular weight excluding hydrogens is 538 g/mol. The van der Waals surface area contributed by atoms with Crippen molar-refractivity contribution in [2.45, 2.75) is 25.1 Å². The topological polar surface area (TPSA) is 55.8 Å². The maximum absolute atomic E-state index is 14.3. The second kappa shape index (κ2) is 13.4. The predicted molar refractivity (Wildman–Crippen MR) is 170 cm³/mol. The van der Waals surface area contributed by atoms with Gasteiger partial charge in [0.1, 0.15) is 6.61 Å². The lowest BCUT2D eigenvalue weighted by atomic mass is 9.98. The highest BCUT2D eigenvalue weighted by Gasteiger charge is 2.44. The van der Waals surface area contributed by atoms with Gasteiger partial charge in [-0.1, -0.05) is 140 Å². The maximum atomic E-state index is 14.3. The molecule has 0 saturated carbocycles. The van der Waals surface area contributed by atoms with Crippen molar-refractivity contribution in [1.29, 1.82) is 0 Å². The van der Waals surface area contributed by atoms with Crippen molar-refractivity contribution in [1.82, 2.24) is 4.90 Å². The fourth-order valence-corrected chi connectivity index (χ4v) is 8.42. The molecule has 4 aromatic carbocycles. The van der Waals surface area contributed by atoms with E-state index in [1.807, 2.05) is 109 Å². The van der Waals surface area contributed by atoms with E-state index in [4.69, 9.17) is 9.16 Å². The predicted octanol–water partition coefficient (Wildman–Crippen LogP) is 5.87. The summed E-state index contributed by atoms with van der Waals surface area (Å²) in [5, 5.41) is 2.15. The third-order valence-corrected chi connectivity index (χ3v) is 11.3. The molecule has 5 nitrogen and oxygen atoms in total. The Bertz CT molecular complexity index is 1470. The van der Waals surface area contributed by atoms with Crippen molar-refractivity contribution >= 4 is 36.8 Å². The minimum absolute atomic E-state index is 0.148. The summed E-state index contributed by atoms with van der Waals surface area (Å²) in [4.78, 5) is 28.5. The lowest BCUT2D eigenvalue weighted by Crippen LogP contribution is -2.61. The molecule has 1 aliphatic heterocycles. The van der Waals surface area contributed by atoms with E-state index in [-0.39, 0.29) is 12.5 Å². The molecule has 42 heavy (non-hydrogen) atoms. The van der Waals surface area contributed by atoms with Crippen LogP contribution in [0.1, 0.15) is 11.1 Å². The molecule has 1 aliphatic rings. The normalized spacial score (nSPS) is 16.6. The highest BCUT2D eigenvalue weighted by Crippen LogP contribution is 2.26. The largest absolute Gasteiger partial charge is 0.447 e. The van der Waals surface area contributed by atoms with Crippen LogP contribution in [0.5, 0.6) is 0 Å². The fourth-order valence-electron chi connectivity index (χ4n) is 5.39. The Morgan fingerprint density at radius 2 is 1.43 bits per heavy atom. The highest BCUT2D eigenvalue weighted by molar-refractivity contribution is 6.96. The lowest BCUT2D eigenvalue weighted by Gasteiger charge is -2.35. The third-order valence-electron chi connectivity index (χ3n) is 7.70. The second-order valence-electron chi connectivity index (χ2n) is 10.5. The lowest BCUT2D eigenvalue weighted by molar-refractivity contribution is -0.133. The Hall–Kier alpha value is -4.52. The summed E-state index contributed by atoms with van der Waals surface area (Å²) >= 11 is 0. The van der Waals surface area contributed by atoms with Crippen LogP contribution in [0.2, 0.25) is 6.55 Å². The average molecular weight is 574 g/mol. The van der Waals surface area contributed by atoms with Crippen molar-refractivity contribution in [2.24, 2.45) is 5.92 Å². The van der Waals surface area contributed by atoms with Gasteiger partial charge in [-0.15, -0.1) is 6.58 Å². The van der Waals surface area contributed by atoms with Gasteiger partial charge in [-0.05, 0) is 34.5 Å². The van der Waals surface area contributed by atoms with Crippen LogP contribution < -0.4 is 10.4 Å². The van der Waals surface area contributed by atoms with Gasteiger partial charge in [0.05, 0.1) is 18.1 Å². The van der Waals surface area contributed by atoms with Crippen LogP contribution in [0.3, 0.4) is 0 Å². The molecule has 2 amide bonds. The number of carbonyl (C=O) groups excluding carboxylic acids is 2. The van der Waals surface area contributed by atoms with Gasteiger partial charge in [-0.2, -0.15) is 0 Å². The van der Waals surface area contributed by atoms with Crippen LogP contribution >= 0.6 is 0 Å². The first-order chi connectivity index (χ1) is 20.5. The molecule has 3 atom stereocenters. The van der Waals surface area contributed by atoms with E-state index in [0.717, 1.165) is 21.5 Å². The van der Waals surface area contributed by atoms with Gasteiger partial charge in [0, 0.05) is 0 Å². The number of ether oxygens (including phenoxy) is 1. The quantitative estimate of drug-likeness (QED) is 0.166. The van der Waals surface area contributed by atoms with E-state index < -0.39 is 32.5 Å². The molecule has 0 N–H and O–H groups in total. The Balaban J connectivity index is 1.53. The number of nitrogens with zero attached hydrogens (tertiary/aromatic N) is 1. The minimum atomic E-state index is -2.85.